The summed E-state index contributed by atoms with van der Waals surface area (Å²) < 4.78 is 0. The number of likely N-dealkylation sites (tertiary alicyclic amines) is 1. The number of piperidine rings is 1. The second-order valence-corrected chi connectivity index (χ2v) is 4.34. The normalized spacial score (nSPS) is 23.0. The van der Waals surface area contributed by atoms with E-state index >= 15 is 0 Å². The van der Waals surface area contributed by atoms with Gasteiger partial charge in [-0.2, -0.15) is 10.2 Å². The first-order valence-corrected chi connectivity index (χ1v) is 5.33. The SMILES string of the molecule is CC1(CCC(=O)N2CCC(=O)CC2)N=N1. The molecule has 0 aromatic rings. The van der Waals surface area contributed by atoms with Crippen molar-refractivity contribution >= 4 is 11.7 Å². The van der Waals surface area contributed by atoms with Crippen LogP contribution in [0.3, 0.4) is 0 Å². The van der Waals surface area contributed by atoms with Crippen LogP contribution >= 0.6 is 0 Å². The van der Waals surface area contributed by atoms with Crippen molar-refractivity contribution in [2.75, 3.05) is 13.1 Å². The van der Waals surface area contributed by atoms with Crippen LogP contribution in [0.15, 0.2) is 10.2 Å². The Morgan fingerprint density at radius 3 is 2.53 bits per heavy atom. The van der Waals surface area contributed by atoms with Crippen LogP contribution in [-0.4, -0.2) is 35.3 Å². The van der Waals surface area contributed by atoms with Crippen LogP contribution in [0.1, 0.15) is 32.6 Å². The Morgan fingerprint density at radius 2 is 2.00 bits per heavy atom. The second-order valence-electron chi connectivity index (χ2n) is 4.34. The molecular weight excluding hydrogens is 194 g/mol. The van der Waals surface area contributed by atoms with Crippen molar-refractivity contribution < 1.29 is 9.59 Å². The molecule has 0 aliphatic carbocycles. The molecule has 1 amide bonds. The number of hydrogen-bond acceptors (Lipinski definition) is 4. The summed E-state index contributed by atoms with van der Waals surface area (Å²) in [5.74, 6) is 0.388. The highest BCUT2D eigenvalue weighted by atomic mass is 16.2. The summed E-state index contributed by atoms with van der Waals surface area (Å²) in [4.78, 5) is 24.5. The molecule has 1 fully saturated rings. The molecule has 0 aromatic carbocycles. The summed E-state index contributed by atoms with van der Waals surface area (Å²) in [6, 6.07) is 0. The van der Waals surface area contributed by atoms with E-state index in [0.29, 0.717) is 38.8 Å². The van der Waals surface area contributed by atoms with Crippen molar-refractivity contribution in [3.05, 3.63) is 0 Å². The fourth-order valence-electron chi connectivity index (χ4n) is 1.69. The number of carbonyl (C=O) groups is 2. The van der Waals surface area contributed by atoms with Gasteiger partial charge in [-0.1, -0.05) is 0 Å². The highest BCUT2D eigenvalue weighted by Crippen LogP contribution is 2.32. The predicted octanol–water partition coefficient (Wildman–Crippen LogP) is 1.14. The van der Waals surface area contributed by atoms with Crippen LogP contribution in [0, 0.1) is 0 Å². The van der Waals surface area contributed by atoms with E-state index in [1.54, 1.807) is 4.90 Å². The van der Waals surface area contributed by atoms with Crippen molar-refractivity contribution in [1.82, 2.24) is 4.90 Å². The minimum atomic E-state index is -0.290. The van der Waals surface area contributed by atoms with Gasteiger partial charge in [0, 0.05) is 38.8 Å². The summed E-state index contributed by atoms with van der Waals surface area (Å²) in [6.07, 6.45) is 2.20. The average molecular weight is 209 g/mol. The monoisotopic (exact) mass is 209 g/mol. The van der Waals surface area contributed by atoms with Crippen molar-refractivity contribution in [3.8, 4) is 0 Å². The maximum absolute atomic E-state index is 11.7. The molecular formula is C10H15N3O2. The number of Topliss-reactive ketones (excluding diaryl/α,β-unsaturated/α-hetero) is 1. The van der Waals surface area contributed by atoms with Gasteiger partial charge >= 0.3 is 0 Å². The van der Waals surface area contributed by atoms with Crippen molar-refractivity contribution in [3.63, 3.8) is 0 Å². The van der Waals surface area contributed by atoms with Gasteiger partial charge in [-0.15, -0.1) is 0 Å². The fourth-order valence-corrected chi connectivity index (χ4v) is 1.69. The summed E-state index contributed by atoms with van der Waals surface area (Å²) in [5, 5.41) is 7.73. The van der Waals surface area contributed by atoms with E-state index in [1.807, 2.05) is 6.92 Å². The molecule has 2 aliphatic rings. The molecule has 0 saturated carbocycles. The molecule has 0 spiro atoms. The number of hydrogen-bond donors (Lipinski definition) is 0. The zero-order chi connectivity index (χ0) is 10.9. The lowest BCUT2D eigenvalue weighted by Crippen LogP contribution is -2.38. The van der Waals surface area contributed by atoms with E-state index in [-0.39, 0.29) is 17.4 Å². The number of rotatable bonds is 3. The molecule has 0 bridgehead atoms. The topological polar surface area (TPSA) is 62.1 Å². The highest BCUT2D eigenvalue weighted by molar-refractivity contribution is 5.83. The average Bonchev–Trinajstić information content (AvgIpc) is 2.95. The molecule has 82 valence electrons. The van der Waals surface area contributed by atoms with Crippen LogP contribution in [0.25, 0.3) is 0 Å². The minimum absolute atomic E-state index is 0.126. The first-order chi connectivity index (χ1) is 7.09. The second kappa shape index (κ2) is 3.72. The summed E-state index contributed by atoms with van der Waals surface area (Å²) in [7, 11) is 0. The molecule has 0 unspecified atom stereocenters. The van der Waals surface area contributed by atoms with E-state index in [4.69, 9.17) is 0 Å². The van der Waals surface area contributed by atoms with Gasteiger partial charge in [-0.05, 0) is 6.92 Å². The molecule has 2 heterocycles. The fraction of sp³-hybridized carbons (Fsp3) is 0.800. The van der Waals surface area contributed by atoms with Crippen LogP contribution in [0.5, 0.6) is 0 Å². The van der Waals surface area contributed by atoms with Crippen molar-refractivity contribution in [1.29, 1.82) is 0 Å². The van der Waals surface area contributed by atoms with E-state index in [1.165, 1.54) is 0 Å². The number of nitrogens with zero attached hydrogens (tertiary/aromatic N) is 3. The van der Waals surface area contributed by atoms with Crippen LogP contribution in [0.2, 0.25) is 0 Å². The summed E-state index contributed by atoms with van der Waals surface area (Å²) >= 11 is 0. The molecule has 5 nitrogen and oxygen atoms in total. The van der Waals surface area contributed by atoms with Gasteiger partial charge in [0.15, 0.2) is 5.66 Å². The first kappa shape index (κ1) is 10.3. The zero-order valence-corrected chi connectivity index (χ0v) is 8.90. The van der Waals surface area contributed by atoms with E-state index in [2.05, 4.69) is 10.2 Å². The van der Waals surface area contributed by atoms with Gasteiger partial charge in [0.05, 0.1) is 0 Å². The van der Waals surface area contributed by atoms with Gasteiger partial charge in [0.1, 0.15) is 5.78 Å². The lowest BCUT2D eigenvalue weighted by Gasteiger charge is -2.26. The van der Waals surface area contributed by atoms with Gasteiger partial charge in [-0.25, -0.2) is 0 Å². The van der Waals surface area contributed by atoms with E-state index in [9.17, 15) is 9.59 Å². The number of amides is 1. The third kappa shape index (κ3) is 2.61. The Bertz CT molecular complexity index is 309. The zero-order valence-electron chi connectivity index (χ0n) is 8.90. The van der Waals surface area contributed by atoms with Crippen molar-refractivity contribution in [2.24, 2.45) is 10.2 Å². The van der Waals surface area contributed by atoms with Gasteiger partial charge < -0.3 is 4.90 Å². The molecule has 1 saturated heterocycles. The maximum atomic E-state index is 11.7. The third-order valence-electron chi connectivity index (χ3n) is 2.93. The standard InChI is InChI=1S/C10H15N3O2/c1-10(11-12-10)5-2-9(15)13-6-3-8(14)4-7-13/h2-7H2,1H3. The minimum Gasteiger partial charge on any atom is -0.342 e. The Kier molecular flexibility index (Phi) is 2.54. The molecule has 0 N–H and O–H groups in total. The summed E-state index contributed by atoms with van der Waals surface area (Å²) in [5.41, 5.74) is -0.290. The molecule has 0 radical (unpaired) electrons. The molecule has 2 aliphatic heterocycles. The summed E-state index contributed by atoms with van der Waals surface area (Å²) in [6.45, 7) is 3.09. The van der Waals surface area contributed by atoms with Gasteiger partial charge in [0.25, 0.3) is 0 Å². The van der Waals surface area contributed by atoms with Gasteiger partial charge in [-0.3, -0.25) is 9.59 Å². The predicted molar refractivity (Wildman–Crippen MR) is 53.3 cm³/mol. The Labute approximate surface area is 88.5 Å². The molecule has 2 rings (SSSR count). The molecule has 5 heteroatoms. The molecule has 15 heavy (non-hydrogen) atoms. The van der Waals surface area contributed by atoms with Crippen LogP contribution in [-0.2, 0) is 9.59 Å². The van der Waals surface area contributed by atoms with Crippen LogP contribution < -0.4 is 0 Å². The largest absolute Gasteiger partial charge is 0.342 e. The Morgan fingerprint density at radius 1 is 1.40 bits per heavy atom. The Hall–Kier alpha value is -1.26. The van der Waals surface area contributed by atoms with E-state index < -0.39 is 0 Å². The first-order valence-electron chi connectivity index (χ1n) is 5.33. The van der Waals surface area contributed by atoms with Gasteiger partial charge in [0.2, 0.25) is 5.91 Å². The number of carbonyl (C=O) groups excluding carboxylic acids is 2. The van der Waals surface area contributed by atoms with Crippen molar-refractivity contribution in [2.45, 2.75) is 38.3 Å². The molecule has 0 aromatic heterocycles. The smallest absolute Gasteiger partial charge is 0.222 e. The molecule has 0 atom stereocenters. The quantitative estimate of drug-likeness (QED) is 0.699. The Balaban J connectivity index is 1.73. The maximum Gasteiger partial charge on any atom is 0.222 e. The lowest BCUT2D eigenvalue weighted by atomic mass is 10.1. The lowest BCUT2D eigenvalue weighted by molar-refractivity contribution is -0.134. The third-order valence-corrected chi connectivity index (χ3v) is 2.93. The highest BCUT2D eigenvalue weighted by Gasteiger charge is 2.34. The van der Waals surface area contributed by atoms with E-state index in [0.717, 1.165) is 0 Å². The number of ketones is 1. The van der Waals surface area contributed by atoms with Crippen LogP contribution in [0.4, 0.5) is 0 Å².